The number of hydrogen-bond acceptors (Lipinski definition) is 3. The topological polar surface area (TPSA) is 41.6 Å². The third-order valence-electron chi connectivity index (χ3n) is 4.80. The zero-order valence-corrected chi connectivity index (χ0v) is 15.5. The summed E-state index contributed by atoms with van der Waals surface area (Å²) in [4.78, 5) is 14.7. The zero-order chi connectivity index (χ0) is 18.2. The SMILES string of the molecule is COc1ccc(CCN(Cc2ccccc2)C(=O)CNCC2CC2)cc1. The molecule has 1 amide bonds. The second-order valence-corrected chi connectivity index (χ2v) is 6.97. The van der Waals surface area contributed by atoms with Gasteiger partial charge < -0.3 is 15.0 Å². The lowest BCUT2D eigenvalue weighted by molar-refractivity contribution is -0.130. The third-order valence-corrected chi connectivity index (χ3v) is 4.80. The summed E-state index contributed by atoms with van der Waals surface area (Å²) in [6, 6.07) is 18.3. The number of carbonyl (C=O) groups excluding carboxylic acids is 1. The second-order valence-electron chi connectivity index (χ2n) is 6.97. The van der Waals surface area contributed by atoms with Crippen LogP contribution in [0.2, 0.25) is 0 Å². The minimum absolute atomic E-state index is 0.169. The maximum absolute atomic E-state index is 12.7. The normalized spacial score (nSPS) is 13.4. The van der Waals surface area contributed by atoms with Gasteiger partial charge in [0.25, 0.3) is 0 Å². The van der Waals surface area contributed by atoms with Crippen molar-refractivity contribution in [2.75, 3.05) is 26.7 Å². The van der Waals surface area contributed by atoms with Crippen molar-refractivity contribution < 1.29 is 9.53 Å². The third kappa shape index (κ3) is 5.88. The van der Waals surface area contributed by atoms with Crippen LogP contribution in [0.5, 0.6) is 5.75 Å². The molecule has 0 unspecified atom stereocenters. The molecule has 0 heterocycles. The average Bonchev–Trinajstić information content (AvgIpc) is 3.50. The van der Waals surface area contributed by atoms with Gasteiger partial charge in [-0.25, -0.2) is 0 Å². The first kappa shape index (κ1) is 18.5. The van der Waals surface area contributed by atoms with Crippen molar-refractivity contribution in [3.05, 3.63) is 65.7 Å². The molecule has 0 spiro atoms. The molecule has 1 fully saturated rings. The van der Waals surface area contributed by atoms with Gasteiger partial charge in [-0.15, -0.1) is 0 Å². The summed E-state index contributed by atoms with van der Waals surface area (Å²) in [5, 5.41) is 3.32. The van der Waals surface area contributed by atoms with E-state index in [0.717, 1.165) is 30.2 Å². The molecule has 1 saturated carbocycles. The Morgan fingerprint density at radius 3 is 2.46 bits per heavy atom. The fourth-order valence-electron chi connectivity index (χ4n) is 2.97. The first-order valence-corrected chi connectivity index (χ1v) is 9.40. The zero-order valence-electron chi connectivity index (χ0n) is 15.5. The predicted molar refractivity (Wildman–Crippen MR) is 104 cm³/mol. The second kappa shape index (κ2) is 9.39. The molecular weight excluding hydrogens is 324 g/mol. The van der Waals surface area contributed by atoms with Gasteiger partial charge >= 0.3 is 0 Å². The smallest absolute Gasteiger partial charge is 0.236 e. The molecule has 4 nitrogen and oxygen atoms in total. The van der Waals surface area contributed by atoms with Gasteiger partial charge in [0.05, 0.1) is 13.7 Å². The number of benzene rings is 2. The number of hydrogen-bond donors (Lipinski definition) is 1. The summed E-state index contributed by atoms with van der Waals surface area (Å²) >= 11 is 0. The van der Waals surface area contributed by atoms with Gasteiger partial charge in [0.1, 0.15) is 5.75 Å². The molecule has 1 N–H and O–H groups in total. The number of amides is 1. The highest BCUT2D eigenvalue weighted by Gasteiger charge is 2.21. The van der Waals surface area contributed by atoms with Gasteiger partial charge in [-0.3, -0.25) is 4.79 Å². The minimum atomic E-state index is 0.169. The van der Waals surface area contributed by atoms with Gasteiger partial charge in [0.15, 0.2) is 0 Å². The number of nitrogens with one attached hydrogen (secondary N) is 1. The molecule has 1 aliphatic carbocycles. The number of nitrogens with zero attached hydrogens (tertiary/aromatic N) is 1. The van der Waals surface area contributed by atoms with Gasteiger partial charge in [-0.05, 0) is 55.0 Å². The van der Waals surface area contributed by atoms with Gasteiger partial charge in [0, 0.05) is 13.1 Å². The Hall–Kier alpha value is -2.33. The van der Waals surface area contributed by atoms with Gasteiger partial charge in [-0.1, -0.05) is 42.5 Å². The molecule has 0 aliphatic heterocycles. The average molecular weight is 352 g/mol. The van der Waals surface area contributed by atoms with E-state index in [1.54, 1.807) is 7.11 Å². The Bertz CT molecular complexity index is 681. The van der Waals surface area contributed by atoms with Crippen LogP contribution in [0.4, 0.5) is 0 Å². The van der Waals surface area contributed by atoms with E-state index in [4.69, 9.17) is 4.74 Å². The van der Waals surface area contributed by atoms with E-state index in [1.165, 1.54) is 18.4 Å². The molecule has 26 heavy (non-hydrogen) atoms. The molecule has 0 radical (unpaired) electrons. The van der Waals surface area contributed by atoms with E-state index in [1.807, 2.05) is 35.2 Å². The highest BCUT2D eigenvalue weighted by molar-refractivity contribution is 5.78. The van der Waals surface area contributed by atoms with Crippen molar-refractivity contribution in [3.8, 4) is 5.75 Å². The molecule has 138 valence electrons. The molecule has 1 aliphatic rings. The van der Waals surface area contributed by atoms with Crippen molar-refractivity contribution in [1.82, 2.24) is 10.2 Å². The van der Waals surface area contributed by atoms with E-state index < -0.39 is 0 Å². The maximum atomic E-state index is 12.7. The molecule has 0 atom stereocenters. The fourth-order valence-corrected chi connectivity index (χ4v) is 2.97. The molecule has 3 rings (SSSR count). The number of methoxy groups -OCH3 is 1. The van der Waals surface area contributed by atoms with Crippen LogP contribution in [0.25, 0.3) is 0 Å². The molecule has 0 saturated heterocycles. The summed E-state index contributed by atoms with van der Waals surface area (Å²) in [5.74, 6) is 1.81. The summed E-state index contributed by atoms with van der Waals surface area (Å²) in [6.07, 6.45) is 3.43. The van der Waals surface area contributed by atoms with Crippen molar-refractivity contribution in [1.29, 1.82) is 0 Å². The lowest BCUT2D eigenvalue weighted by Crippen LogP contribution is -2.39. The molecular formula is C22H28N2O2. The van der Waals surface area contributed by atoms with E-state index in [-0.39, 0.29) is 5.91 Å². The van der Waals surface area contributed by atoms with Crippen LogP contribution < -0.4 is 10.1 Å². The Labute approximate surface area is 156 Å². The highest BCUT2D eigenvalue weighted by Crippen LogP contribution is 2.27. The van der Waals surface area contributed by atoms with E-state index >= 15 is 0 Å². The Morgan fingerprint density at radius 1 is 1.08 bits per heavy atom. The summed E-state index contributed by atoms with van der Waals surface area (Å²) in [6.45, 7) is 2.75. The number of rotatable bonds is 10. The van der Waals surface area contributed by atoms with Crippen LogP contribution in [0.15, 0.2) is 54.6 Å². The van der Waals surface area contributed by atoms with Crippen LogP contribution in [-0.4, -0.2) is 37.6 Å². The van der Waals surface area contributed by atoms with Crippen LogP contribution in [0, 0.1) is 5.92 Å². The summed E-state index contributed by atoms with van der Waals surface area (Å²) < 4.78 is 5.21. The van der Waals surface area contributed by atoms with E-state index in [9.17, 15) is 4.79 Å². The summed E-state index contributed by atoms with van der Waals surface area (Å²) in [5.41, 5.74) is 2.38. The predicted octanol–water partition coefficient (Wildman–Crippen LogP) is 3.27. The lowest BCUT2D eigenvalue weighted by Gasteiger charge is -2.23. The first-order chi connectivity index (χ1) is 12.7. The fraction of sp³-hybridized carbons (Fsp3) is 0.409. The van der Waals surface area contributed by atoms with Crippen LogP contribution in [-0.2, 0) is 17.8 Å². The maximum Gasteiger partial charge on any atom is 0.236 e. The molecule has 2 aromatic rings. The molecule has 0 aromatic heterocycles. The highest BCUT2D eigenvalue weighted by atomic mass is 16.5. The quantitative estimate of drug-likeness (QED) is 0.714. The van der Waals surface area contributed by atoms with E-state index in [2.05, 4.69) is 29.6 Å². The minimum Gasteiger partial charge on any atom is -0.497 e. The van der Waals surface area contributed by atoms with Crippen LogP contribution in [0.1, 0.15) is 24.0 Å². The molecule has 2 aromatic carbocycles. The molecule has 4 heteroatoms. The Balaban J connectivity index is 1.57. The summed E-state index contributed by atoms with van der Waals surface area (Å²) in [7, 11) is 1.67. The Morgan fingerprint density at radius 2 is 1.81 bits per heavy atom. The monoisotopic (exact) mass is 352 g/mol. The van der Waals surface area contributed by atoms with Crippen LogP contribution >= 0.6 is 0 Å². The van der Waals surface area contributed by atoms with Gasteiger partial charge in [-0.2, -0.15) is 0 Å². The Kier molecular flexibility index (Phi) is 6.67. The van der Waals surface area contributed by atoms with E-state index in [0.29, 0.717) is 19.6 Å². The standard InChI is InChI=1S/C22H28N2O2/c1-26-21-11-9-18(10-12-21)13-14-24(17-20-5-3-2-4-6-20)22(25)16-23-15-19-7-8-19/h2-6,9-12,19,23H,7-8,13-17H2,1H3. The molecule has 0 bridgehead atoms. The first-order valence-electron chi connectivity index (χ1n) is 9.40. The van der Waals surface area contributed by atoms with Crippen molar-refractivity contribution in [3.63, 3.8) is 0 Å². The lowest BCUT2D eigenvalue weighted by atomic mass is 10.1. The van der Waals surface area contributed by atoms with Crippen molar-refractivity contribution in [2.24, 2.45) is 5.92 Å². The van der Waals surface area contributed by atoms with Crippen LogP contribution in [0.3, 0.4) is 0 Å². The largest absolute Gasteiger partial charge is 0.497 e. The number of ether oxygens (including phenoxy) is 1. The van der Waals surface area contributed by atoms with Gasteiger partial charge in [0.2, 0.25) is 5.91 Å². The number of carbonyl (C=O) groups is 1. The van der Waals surface area contributed by atoms with Crippen molar-refractivity contribution >= 4 is 5.91 Å². The van der Waals surface area contributed by atoms with Crippen molar-refractivity contribution in [2.45, 2.75) is 25.8 Å².